The molecule has 0 amide bonds. The van der Waals surface area contributed by atoms with Gasteiger partial charge in [-0.2, -0.15) is 0 Å². The number of aliphatic imine (C=N–C) groups is 1. The number of hydrogen-bond acceptors (Lipinski definition) is 2. The van der Waals surface area contributed by atoms with Gasteiger partial charge < -0.3 is 4.74 Å². The predicted octanol–water partition coefficient (Wildman–Crippen LogP) is 6.94. The van der Waals surface area contributed by atoms with Gasteiger partial charge in [-0.1, -0.05) is 47.5 Å². The summed E-state index contributed by atoms with van der Waals surface area (Å²) in [5.74, 6) is 0.735. The Kier molecular flexibility index (Phi) is 5.97. The molecular weight excluding hydrogens is 365 g/mol. The zero-order chi connectivity index (χ0) is 18.5. The lowest BCUT2D eigenvalue weighted by Gasteiger charge is -2.10. The first-order chi connectivity index (χ1) is 12.5. The summed E-state index contributed by atoms with van der Waals surface area (Å²) in [6.07, 6.45) is 1.80. The Hall–Kier alpha value is -2.29. The van der Waals surface area contributed by atoms with Gasteiger partial charge >= 0.3 is 0 Å². The van der Waals surface area contributed by atoms with Crippen molar-refractivity contribution in [3.8, 4) is 5.75 Å². The summed E-state index contributed by atoms with van der Waals surface area (Å²) in [4.78, 5) is 4.62. The number of hydrogen-bond donors (Lipinski definition) is 0. The summed E-state index contributed by atoms with van der Waals surface area (Å²) in [6.45, 7) is 4.55. The molecule has 0 bridgehead atoms. The molecule has 0 atom stereocenters. The van der Waals surface area contributed by atoms with Crippen molar-refractivity contribution < 1.29 is 4.74 Å². The fourth-order valence-electron chi connectivity index (χ4n) is 2.49. The van der Waals surface area contributed by atoms with Crippen molar-refractivity contribution in [3.63, 3.8) is 0 Å². The molecule has 0 N–H and O–H groups in total. The van der Waals surface area contributed by atoms with Gasteiger partial charge in [0.25, 0.3) is 0 Å². The molecule has 0 aliphatic rings. The highest BCUT2D eigenvalue weighted by atomic mass is 35.5. The lowest BCUT2D eigenvalue weighted by molar-refractivity contribution is 0.306. The molecule has 0 saturated heterocycles. The first-order valence-electron chi connectivity index (χ1n) is 8.29. The lowest BCUT2D eigenvalue weighted by atomic mass is 10.1. The van der Waals surface area contributed by atoms with E-state index in [4.69, 9.17) is 27.9 Å². The van der Waals surface area contributed by atoms with Gasteiger partial charge in [0.1, 0.15) is 12.4 Å². The Balaban J connectivity index is 1.82. The minimum absolute atomic E-state index is 0.448. The minimum Gasteiger partial charge on any atom is -0.488 e. The number of benzene rings is 3. The van der Waals surface area contributed by atoms with Gasteiger partial charge in [0.15, 0.2) is 0 Å². The van der Waals surface area contributed by atoms with E-state index in [0.717, 1.165) is 28.1 Å². The molecule has 0 aliphatic carbocycles. The summed E-state index contributed by atoms with van der Waals surface area (Å²) in [5.41, 5.74) is 5.12. The third kappa shape index (κ3) is 4.87. The Labute approximate surface area is 164 Å². The number of rotatable bonds is 5. The predicted molar refractivity (Wildman–Crippen MR) is 110 cm³/mol. The van der Waals surface area contributed by atoms with Crippen LogP contribution in [-0.4, -0.2) is 6.21 Å². The molecule has 3 rings (SSSR count). The van der Waals surface area contributed by atoms with E-state index < -0.39 is 0 Å². The first-order valence-corrected chi connectivity index (χ1v) is 9.05. The van der Waals surface area contributed by atoms with E-state index in [9.17, 15) is 0 Å². The van der Waals surface area contributed by atoms with Crippen LogP contribution in [0.3, 0.4) is 0 Å². The summed E-state index contributed by atoms with van der Waals surface area (Å²) in [6, 6.07) is 19.3. The quantitative estimate of drug-likeness (QED) is 0.437. The Morgan fingerprint density at radius 2 is 1.62 bits per heavy atom. The van der Waals surface area contributed by atoms with Gasteiger partial charge in [-0.25, -0.2) is 0 Å². The molecule has 0 aliphatic heterocycles. The monoisotopic (exact) mass is 383 g/mol. The summed E-state index contributed by atoms with van der Waals surface area (Å²) >= 11 is 12.1. The van der Waals surface area contributed by atoms with Crippen LogP contribution in [0.2, 0.25) is 10.0 Å². The molecule has 3 aromatic rings. The molecule has 132 valence electrons. The first kappa shape index (κ1) is 18.5. The van der Waals surface area contributed by atoms with Crippen molar-refractivity contribution in [2.75, 3.05) is 0 Å². The molecule has 4 heteroatoms. The van der Waals surface area contributed by atoms with Crippen LogP contribution in [-0.2, 0) is 6.61 Å². The number of nitrogens with zero attached hydrogens (tertiary/aromatic N) is 1. The van der Waals surface area contributed by atoms with Gasteiger partial charge in [0.2, 0.25) is 0 Å². The van der Waals surface area contributed by atoms with Crippen molar-refractivity contribution in [2.24, 2.45) is 4.99 Å². The molecule has 0 unspecified atom stereocenters. The van der Waals surface area contributed by atoms with E-state index in [-0.39, 0.29) is 0 Å². The van der Waals surface area contributed by atoms with E-state index in [1.54, 1.807) is 6.21 Å². The second-order valence-electron chi connectivity index (χ2n) is 6.15. The van der Waals surface area contributed by atoms with Gasteiger partial charge in [0.05, 0.1) is 5.69 Å². The third-order valence-electron chi connectivity index (χ3n) is 3.99. The molecule has 0 spiro atoms. The topological polar surface area (TPSA) is 21.6 Å². The average Bonchev–Trinajstić information content (AvgIpc) is 2.63. The summed E-state index contributed by atoms with van der Waals surface area (Å²) < 4.78 is 5.97. The highest BCUT2D eigenvalue weighted by Gasteiger charge is 2.05. The van der Waals surface area contributed by atoms with Gasteiger partial charge in [0, 0.05) is 21.8 Å². The molecule has 26 heavy (non-hydrogen) atoms. The van der Waals surface area contributed by atoms with Crippen molar-refractivity contribution in [1.82, 2.24) is 0 Å². The highest BCUT2D eigenvalue weighted by Crippen LogP contribution is 2.25. The SMILES string of the molecule is Cc1ccc(C)c(N=Cc2cc(Cl)ccc2OCc2ccc(Cl)cc2)c1. The fourth-order valence-corrected chi connectivity index (χ4v) is 2.80. The maximum Gasteiger partial charge on any atom is 0.128 e. The maximum absolute atomic E-state index is 6.16. The highest BCUT2D eigenvalue weighted by molar-refractivity contribution is 6.31. The van der Waals surface area contributed by atoms with Crippen molar-refractivity contribution in [1.29, 1.82) is 0 Å². The Morgan fingerprint density at radius 3 is 2.38 bits per heavy atom. The van der Waals surface area contributed by atoms with E-state index >= 15 is 0 Å². The van der Waals surface area contributed by atoms with Crippen LogP contribution >= 0.6 is 23.2 Å². The second-order valence-corrected chi connectivity index (χ2v) is 7.02. The minimum atomic E-state index is 0.448. The number of halogens is 2. The van der Waals surface area contributed by atoms with E-state index in [1.165, 1.54) is 5.56 Å². The van der Waals surface area contributed by atoms with Crippen molar-refractivity contribution in [3.05, 3.63) is 93.0 Å². The van der Waals surface area contributed by atoms with Crippen LogP contribution in [0.4, 0.5) is 5.69 Å². The van der Waals surface area contributed by atoms with Gasteiger partial charge in [-0.05, 0) is 66.9 Å². The van der Waals surface area contributed by atoms with E-state index in [0.29, 0.717) is 16.7 Å². The Bertz CT molecular complexity index is 933. The molecular formula is C22H19Cl2NO. The third-order valence-corrected chi connectivity index (χ3v) is 4.47. The lowest BCUT2D eigenvalue weighted by Crippen LogP contribution is -1.98. The standard InChI is InChI=1S/C22H19Cl2NO/c1-15-3-4-16(2)21(11-15)25-13-18-12-20(24)9-10-22(18)26-14-17-5-7-19(23)8-6-17/h3-13H,14H2,1-2H3. The van der Waals surface area contributed by atoms with Crippen LogP contribution in [0.1, 0.15) is 22.3 Å². The van der Waals surface area contributed by atoms with Gasteiger partial charge in [-0.15, -0.1) is 0 Å². The Morgan fingerprint density at radius 1 is 0.885 bits per heavy atom. The molecule has 0 saturated carbocycles. The van der Waals surface area contributed by atoms with Gasteiger partial charge in [-0.3, -0.25) is 4.99 Å². The fraction of sp³-hybridized carbons (Fsp3) is 0.136. The number of ether oxygens (including phenoxy) is 1. The smallest absolute Gasteiger partial charge is 0.128 e. The molecule has 0 radical (unpaired) electrons. The van der Waals surface area contributed by atoms with Crippen LogP contribution in [0.25, 0.3) is 0 Å². The number of aryl methyl sites for hydroxylation is 2. The molecule has 0 aromatic heterocycles. The van der Waals surface area contributed by atoms with E-state index in [1.807, 2.05) is 49.4 Å². The summed E-state index contributed by atoms with van der Waals surface area (Å²) in [5, 5.41) is 1.35. The maximum atomic E-state index is 6.16. The van der Waals surface area contributed by atoms with Crippen molar-refractivity contribution in [2.45, 2.75) is 20.5 Å². The molecule has 3 aromatic carbocycles. The molecule has 0 fully saturated rings. The van der Waals surface area contributed by atoms with Crippen LogP contribution in [0, 0.1) is 13.8 Å². The van der Waals surface area contributed by atoms with Crippen LogP contribution in [0.15, 0.2) is 65.7 Å². The largest absolute Gasteiger partial charge is 0.488 e. The van der Waals surface area contributed by atoms with E-state index in [2.05, 4.69) is 30.1 Å². The normalized spacial score (nSPS) is 11.1. The zero-order valence-corrected chi connectivity index (χ0v) is 16.2. The molecule has 0 heterocycles. The molecule has 2 nitrogen and oxygen atoms in total. The summed E-state index contributed by atoms with van der Waals surface area (Å²) in [7, 11) is 0. The zero-order valence-electron chi connectivity index (χ0n) is 14.7. The average molecular weight is 384 g/mol. The van der Waals surface area contributed by atoms with Crippen LogP contribution in [0.5, 0.6) is 5.75 Å². The van der Waals surface area contributed by atoms with Crippen molar-refractivity contribution >= 4 is 35.1 Å². The van der Waals surface area contributed by atoms with Crippen LogP contribution < -0.4 is 4.74 Å². The second kappa shape index (κ2) is 8.39.